The van der Waals surface area contributed by atoms with Crippen LogP contribution in [0.2, 0.25) is 0 Å². The molecule has 0 spiro atoms. The Morgan fingerprint density at radius 1 is 1.26 bits per heavy atom. The van der Waals surface area contributed by atoms with E-state index in [1.165, 1.54) is 4.57 Å². The van der Waals surface area contributed by atoms with E-state index in [4.69, 9.17) is 0 Å². The van der Waals surface area contributed by atoms with E-state index in [1.807, 2.05) is 42.7 Å². The molecule has 1 aliphatic rings. The van der Waals surface area contributed by atoms with E-state index in [0.29, 0.717) is 17.7 Å². The van der Waals surface area contributed by atoms with Gasteiger partial charge in [-0.05, 0) is 44.4 Å². The number of benzene rings is 1. The molecule has 0 radical (unpaired) electrons. The summed E-state index contributed by atoms with van der Waals surface area (Å²) < 4.78 is 4.77. The highest BCUT2D eigenvalue weighted by atomic mass is 16.2. The molecule has 4 rings (SSSR count). The highest BCUT2D eigenvalue weighted by molar-refractivity contribution is 5.72. The van der Waals surface area contributed by atoms with Crippen molar-refractivity contribution in [2.75, 3.05) is 0 Å². The van der Waals surface area contributed by atoms with Crippen LogP contribution in [-0.4, -0.2) is 18.7 Å². The predicted molar refractivity (Wildman–Crippen MR) is 88.3 cm³/mol. The zero-order valence-corrected chi connectivity index (χ0v) is 13.2. The predicted octanol–water partition coefficient (Wildman–Crippen LogP) is 2.01. The fourth-order valence-electron chi connectivity index (χ4n) is 3.05. The number of hydrogen-bond donors (Lipinski definition) is 0. The summed E-state index contributed by atoms with van der Waals surface area (Å²) in [6, 6.07) is 7.73. The molecule has 2 heterocycles. The number of aryl methyl sites for hydroxylation is 2. The van der Waals surface area contributed by atoms with Gasteiger partial charge in [-0.1, -0.05) is 12.1 Å². The summed E-state index contributed by atoms with van der Waals surface area (Å²) in [5, 5.41) is 0. The zero-order valence-electron chi connectivity index (χ0n) is 13.2. The first-order valence-corrected chi connectivity index (χ1v) is 7.91. The molecule has 0 bridgehead atoms. The van der Waals surface area contributed by atoms with E-state index in [0.717, 1.165) is 24.1 Å². The second kappa shape index (κ2) is 4.94. The van der Waals surface area contributed by atoms with Crippen molar-refractivity contribution < 1.29 is 0 Å². The van der Waals surface area contributed by atoms with E-state index in [-0.39, 0.29) is 17.3 Å². The third kappa shape index (κ3) is 2.05. The molecule has 1 aliphatic carbocycles. The Morgan fingerprint density at radius 3 is 2.70 bits per heavy atom. The topological polar surface area (TPSA) is 61.8 Å². The number of aromatic nitrogens is 4. The molecule has 0 amide bonds. The number of imidazole rings is 1. The van der Waals surface area contributed by atoms with Crippen LogP contribution in [0.15, 0.2) is 40.2 Å². The van der Waals surface area contributed by atoms with Crippen LogP contribution in [0.4, 0.5) is 0 Å². The molecule has 1 fully saturated rings. The average Bonchev–Trinajstić information content (AvgIpc) is 3.26. The molecule has 6 heteroatoms. The smallest absolute Gasteiger partial charge is 0.325 e. The maximum Gasteiger partial charge on any atom is 0.337 e. The van der Waals surface area contributed by atoms with Crippen LogP contribution in [-0.2, 0) is 6.54 Å². The Hall–Kier alpha value is -2.63. The van der Waals surface area contributed by atoms with Gasteiger partial charge in [-0.2, -0.15) is 0 Å². The Labute approximate surface area is 132 Å². The second-order valence-corrected chi connectivity index (χ2v) is 6.07. The fraction of sp³-hybridized carbons (Fsp3) is 0.353. The summed E-state index contributed by atoms with van der Waals surface area (Å²) in [7, 11) is 0. The summed E-state index contributed by atoms with van der Waals surface area (Å²) in [6.07, 6.45) is 3.40. The summed E-state index contributed by atoms with van der Waals surface area (Å²) in [4.78, 5) is 30.1. The van der Waals surface area contributed by atoms with Crippen LogP contribution >= 0.6 is 0 Å². The van der Waals surface area contributed by atoms with Crippen molar-refractivity contribution in [2.24, 2.45) is 0 Å². The van der Waals surface area contributed by atoms with Gasteiger partial charge in [0.2, 0.25) is 0 Å². The van der Waals surface area contributed by atoms with Crippen LogP contribution in [0, 0.1) is 6.92 Å². The standard InChI is InChI=1S/C17H18N4O2/c1-3-19-10-18-15-14(19)16(22)21(12-7-8-12)17(23)20(15)13-6-4-5-11(2)9-13/h4-6,9-10,12H,3,7-8H2,1-2H3. The first kappa shape index (κ1) is 14.0. The molecule has 0 unspecified atom stereocenters. The molecular weight excluding hydrogens is 292 g/mol. The van der Waals surface area contributed by atoms with Crippen molar-refractivity contribution in [1.29, 1.82) is 0 Å². The minimum absolute atomic E-state index is 0.0238. The molecule has 0 saturated heterocycles. The molecule has 0 atom stereocenters. The van der Waals surface area contributed by atoms with Crippen LogP contribution in [0.25, 0.3) is 16.9 Å². The lowest BCUT2D eigenvalue weighted by atomic mass is 10.2. The normalized spacial score (nSPS) is 14.5. The number of hydrogen-bond acceptors (Lipinski definition) is 3. The summed E-state index contributed by atoms with van der Waals surface area (Å²) in [6.45, 7) is 4.58. The van der Waals surface area contributed by atoms with Crippen molar-refractivity contribution in [2.45, 2.75) is 39.3 Å². The number of nitrogens with zero attached hydrogens (tertiary/aromatic N) is 4. The Kier molecular flexibility index (Phi) is 3.01. The molecule has 6 nitrogen and oxygen atoms in total. The van der Waals surface area contributed by atoms with Gasteiger partial charge in [0.05, 0.1) is 12.0 Å². The monoisotopic (exact) mass is 310 g/mol. The van der Waals surface area contributed by atoms with Crippen molar-refractivity contribution in [3.63, 3.8) is 0 Å². The van der Waals surface area contributed by atoms with Gasteiger partial charge in [0.25, 0.3) is 5.56 Å². The van der Waals surface area contributed by atoms with E-state index >= 15 is 0 Å². The lowest BCUT2D eigenvalue weighted by molar-refractivity contribution is 0.638. The third-order valence-corrected chi connectivity index (χ3v) is 4.36. The zero-order chi connectivity index (χ0) is 16.1. The van der Waals surface area contributed by atoms with Gasteiger partial charge in [0.15, 0.2) is 11.2 Å². The van der Waals surface area contributed by atoms with Gasteiger partial charge in [-0.25, -0.2) is 14.3 Å². The molecule has 3 aromatic rings. The van der Waals surface area contributed by atoms with E-state index in [2.05, 4.69) is 4.98 Å². The van der Waals surface area contributed by atoms with Gasteiger partial charge in [-0.15, -0.1) is 0 Å². The Bertz CT molecular complexity index is 1020. The summed E-state index contributed by atoms with van der Waals surface area (Å²) in [5.74, 6) is 0. The maximum atomic E-state index is 13.0. The molecule has 1 saturated carbocycles. The van der Waals surface area contributed by atoms with Crippen LogP contribution in [0.3, 0.4) is 0 Å². The lowest BCUT2D eigenvalue weighted by Gasteiger charge is -2.12. The average molecular weight is 310 g/mol. The van der Waals surface area contributed by atoms with Crippen molar-refractivity contribution in [3.8, 4) is 5.69 Å². The SMILES string of the molecule is CCn1cnc2c1c(=O)n(C1CC1)c(=O)n2-c1cccc(C)c1. The largest absolute Gasteiger partial charge is 0.337 e. The van der Waals surface area contributed by atoms with Gasteiger partial charge < -0.3 is 4.57 Å². The Balaban J connectivity index is 2.17. The number of fused-ring (bicyclic) bond motifs is 1. The van der Waals surface area contributed by atoms with Crippen LogP contribution in [0.1, 0.15) is 31.4 Å². The summed E-state index contributed by atoms with van der Waals surface area (Å²) in [5.41, 5.74) is 2.22. The minimum Gasteiger partial charge on any atom is -0.325 e. The van der Waals surface area contributed by atoms with Gasteiger partial charge in [0.1, 0.15) is 0 Å². The van der Waals surface area contributed by atoms with Gasteiger partial charge >= 0.3 is 5.69 Å². The van der Waals surface area contributed by atoms with Crippen LogP contribution in [0.5, 0.6) is 0 Å². The molecule has 1 aromatic carbocycles. The maximum absolute atomic E-state index is 13.0. The first-order chi connectivity index (χ1) is 11.1. The lowest BCUT2D eigenvalue weighted by Crippen LogP contribution is -2.39. The van der Waals surface area contributed by atoms with Gasteiger partial charge in [-0.3, -0.25) is 9.36 Å². The van der Waals surface area contributed by atoms with Crippen molar-refractivity contribution >= 4 is 11.2 Å². The van der Waals surface area contributed by atoms with Crippen molar-refractivity contribution in [3.05, 3.63) is 57.0 Å². The third-order valence-electron chi connectivity index (χ3n) is 4.36. The second-order valence-electron chi connectivity index (χ2n) is 6.07. The van der Waals surface area contributed by atoms with Gasteiger partial charge in [0, 0.05) is 12.6 Å². The van der Waals surface area contributed by atoms with Crippen molar-refractivity contribution in [1.82, 2.24) is 18.7 Å². The molecular formula is C17H18N4O2. The first-order valence-electron chi connectivity index (χ1n) is 7.91. The molecule has 2 aromatic heterocycles. The minimum atomic E-state index is -0.294. The summed E-state index contributed by atoms with van der Waals surface area (Å²) >= 11 is 0. The molecule has 118 valence electrons. The Morgan fingerprint density at radius 2 is 2.04 bits per heavy atom. The quantitative estimate of drug-likeness (QED) is 0.743. The van der Waals surface area contributed by atoms with E-state index < -0.39 is 0 Å². The van der Waals surface area contributed by atoms with Crippen LogP contribution < -0.4 is 11.2 Å². The highest BCUT2D eigenvalue weighted by Crippen LogP contribution is 2.32. The fourth-order valence-corrected chi connectivity index (χ4v) is 3.05. The number of rotatable bonds is 3. The van der Waals surface area contributed by atoms with E-state index in [9.17, 15) is 9.59 Å². The molecule has 0 N–H and O–H groups in total. The highest BCUT2D eigenvalue weighted by Gasteiger charge is 2.30. The molecule has 23 heavy (non-hydrogen) atoms. The van der Waals surface area contributed by atoms with E-state index in [1.54, 1.807) is 10.9 Å². The molecule has 0 aliphatic heterocycles.